The van der Waals surface area contributed by atoms with Gasteiger partial charge >= 0.3 is 0 Å². The summed E-state index contributed by atoms with van der Waals surface area (Å²) in [6, 6.07) is 6.72. The zero-order valence-electron chi connectivity index (χ0n) is 11.1. The van der Waals surface area contributed by atoms with Gasteiger partial charge in [0.2, 0.25) is 0 Å². The van der Waals surface area contributed by atoms with E-state index in [-0.39, 0.29) is 5.56 Å². The van der Waals surface area contributed by atoms with Gasteiger partial charge in [-0.2, -0.15) is 0 Å². The zero-order valence-corrected chi connectivity index (χ0v) is 11.1. The molecular weight excluding hydrogens is 260 g/mol. The van der Waals surface area contributed by atoms with Crippen LogP contribution in [0.4, 0.5) is 0 Å². The van der Waals surface area contributed by atoms with Crippen LogP contribution in [0, 0.1) is 0 Å². The van der Waals surface area contributed by atoms with Crippen molar-refractivity contribution in [3.05, 3.63) is 46.4 Å². The second-order valence-electron chi connectivity index (χ2n) is 4.07. The summed E-state index contributed by atoms with van der Waals surface area (Å²) >= 11 is 0. The van der Waals surface area contributed by atoms with Crippen molar-refractivity contribution in [2.45, 2.75) is 0 Å². The van der Waals surface area contributed by atoms with Crippen LogP contribution in [-0.2, 0) is 0 Å². The van der Waals surface area contributed by atoms with Crippen molar-refractivity contribution < 1.29 is 14.3 Å². The number of hydrogen-bond donors (Lipinski definition) is 2. The number of amides is 1. The molecule has 0 saturated heterocycles. The molecule has 0 spiro atoms. The minimum Gasteiger partial charge on any atom is -0.493 e. The Bertz CT molecular complexity index is 707. The molecule has 0 aliphatic carbocycles. The Morgan fingerprint density at radius 2 is 1.80 bits per heavy atom. The minimum atomic E-state index is -0.770. The topological polar surface area (TPSA) is 94.4 Å². The molecule has 0 aliphatic rings. The van der Waals surface area contributed by atoms with E-state index in [0.717, 1.165) is 5.56 Å². The number of pyridine rings is 1. The summed E-state index contributed by atoms with van der Waals surface area (Å²) in [7, 11) is 3.08. The molecule has 2 aromatic rings. The van der Waals surface area contributed by atoms with Gasteiger partial charge in [-0.15, -0.1) is 0 Å². The minimum absolute atomic E-state index is 0.0858. The number of aromatic amines is 1. The fourth-order valence-electron chi connectivity index (χ4n) is 1.85. The monoisotopic (exact) mass is 274 g/mol. The van der Waals surface area contributed by atoms with Gasteiger partial charge in [-0.3, -0.25) is 9.59 Å². The third-order valence-corrected chi connectivity index (χ3v) is 2.89. The molecule has 1 aromatic heterocycles. The first kappa shape index (κ1) is 13.7. The maximum atomic E-state index is 11.5. The van der Waals surface area contributed by atoms with Gasteiger partial charge in [0.25, 0.3) is 11.5 Å². The normalized spacial score (nSPS) is 10.1. The van der Waals surface area contributed by atoms with Crippen LogP contribution in [0.3, 0.4) is 0 Å². The van der Waals surface area contributed by atoms with Gasteiger partial charge in [-0.1, -0.05) is 6.07 Å². The summed E-state index contributed by atoms with van der Waals surface area (Å²) in [6.45, 7) is 0. The van der Waals surface area contributed by atoms with Gasteiger partial charge in [-0.25, -0.2) is 0 Å². The molecule has 0 unspecified atom stereocenters. The summed E-state index contributed by atoms with van der Waals surface area (Å²) in [6.07, 6.45) is 1.51. The van der Waals surface area contributed by atoms with Crippen molar-refractivity contribution >= 4 is 5.91 Å². The maximum absolute atomic E-state index is 11.5. The molecule has 1 amide bonds. The molecule has 104 valence electrons. The molecule has 0 saturated carbocycles. The number of rotatable bonds is 4. The zero-order chi connectivity index (χ0) is 14.7. The third-order valence-electron chi connectivity index (χ3n) is 2.89. The number of carbonyl (C=O) groups is 1. The molecule has 0 bridgehead atoms. The van der Waals surface area contributed by atoms with E-state index >= 15 is 0 Å². The van der Waals surface area contributed by atoms with Crippen LogP contribution in [0.1, 0.15) is 10.4 Å². The molecule has 2 rings (SSSR count). The van der Waals surface area contributed by atoms with E-state index in [1.165, 1.54) is 19.4 Å². The second kappa shape index (κ2) is 5.48. The Balaban J connectivity index is 2.54. The van der Waals surface area contributed by atoms with Crippen LogP contribution in [-0.4, -0.2) is 25.1 Å². The molecule has 1 heterocycles. The first-order chi connectivity index (χ1) is 9.56. The van der Waals surface area contributed by atoms with Crippen molar-refractivity contribution in [1.82, 2.24) is 4.98 Å². The standard InChI is InChI=1S/C14H14N2O4/c1-19-11-4-3-8(6-12(11)20-2)9-5-10(13(15)17)14(18)16-7-9/h3-7H,1-2H3,(H2,15,17)(H,16,18). The van der Waals surface area contributed by atoms with Crippen molar-refractivity contribution in [3.8, 4) is 22.6 Å². The highest BCUT2D eigenvalue weighted by Gasteiger charge is 2.10. The molecule has 0 atom stereocenters. The molecule has 6 nitrogen and oxygen atoms in total. The first-order valence-corrected chi connectivity index (χ1v) is 5.81. The SMILES string of the molecule is COc1ccc(-c2c[nH]c(=O)c(C(N)=O)c2)cc1OC. The number of nitrogens with two attached hydrogens (primary N) is 1. The number of primary amides is 1. The number of benzene rings is 1. The average Bonchev–Trinajstić information content (AvgIpc) is 2.46. The van der Waals surface area contributed by atoms with Crippen LogP contribution >= 0.6 is 0 Å². The summed E-state index contributed by atoms with van der Waals surface area (Å²) in [5.41, 5.74) is 5.98. The average molecular weight is 274 g/mol. The Hall–Kier alpha value is -2.76. The van der Waals surface area contributed by atoms with E-state index < -0.39 is 11.5 Å². The summed E-state index contributed by atoms with van der Waals surface area (Å²) in [5.74, 6) is 0.376. The lowest BCUT2D eigenvalue weighted by molar-refractivity contribution is 0.0999. The lowest BCUT2D eigenvalue weighted by Crippen LogP contribution is -2.23. The number of aromatic nitrogens is 1. The molecule has 1 aromatic carbocycles. The predicted octanol–water partition coefficient (Wildman–Crippen LogP) is 1.16. The highest BCUT2D eigenvalue weighted by Crippen LogP contribution is 2.31. The number of H-pyrrole nitrogens is 1. The van der Waals surface area contributed by atoms with Crippen molar-refractivity contribution in [2.75, 3.05) is 14.2 Å². The highest BCUT2D eigenvalue weighted by molar-refractivity contribution is 5.93. The first-order valence-electron chi connectivity index (χ1n) is 5.81. The van der Waals surface area contributed by atoms with E-state index in [9.17, 15) is 9.59 Å². The quantitative estimate of drug-likeness (QED) is 0.874. The van der Waals surface area contributed by atoms with Gasteiger partial charge in [0.15, 0.2) is 11.5 Å². The Morgan fingerprint density at radius 1 is 1.10 bits per heavy atom. The van der Waals surface area contributed by atoms with Crippen LogP contribution in [0.5, 0.6) is 11.5 Å². The Kier molecular flexibility index (Phi) is 3.74. The van der Waals surface area contributed by atoms with Crippen LogP contribution in [0.25, 0.3) is 11.1 Å². The summed E-state index contributed by atoms with van der Waals surface area (Å²) < 4.78 is 10.4. The molecule has 0 radical (unpaired) electrons. The largest absolute Gasteiger partial charge is 0.493 e. The molecule has 0 aliphatic heterocycles. The van der Waals surface area contributed by atoms with Crippen LogP contribution in [0.2, 0.25) is 0 Å². The smallest absolute Gasteiger partial charge is 0.260 e. The summed E-state index contributed by atoms with van der Waals surface area (Å²) in [5, 5.41) is 0. The molecular formula is C14H14N2O4. The lowest BCUT2D eigenvalue weighted by Gasteiger charge is -2.10. The Labute approximate surface area is 115 Å². The predicted molar refractivity (Wildman–Crippen MR) is 74.1 cm³/mol. The van der Waals surface area contributed by atoms with Crippen LogP contribution in [0.15, 0.2) is 35.3 Å². The highest BCUT2D eigenvalue weighted by atomic mass is 16.5. The third kappa shape index (κ3) is 2.49. The number of nitrogens with one attached hydrogen (secondary N) is 1. The molecule has 3 N–H and O–H groups in total. The second-order valence-corrected chi connectivity index (χ2v) is 4.07. The van der Waals surface area contributed by atoms with E-state index in [1.807, 2.05) is 0 Å². The van der Waals surface area contributed by atoms with Crippen LogP contribution < -0.4 is 20.8 Å². The number of methoxy groups -OCH3 is 2. The van der Waals surface area contributed by atoms with E-state index in [1.54, 1.807) is 25.3 Å². The Morgan fingerprint density at radius 3 is 2.40 bits per heavy atom. The fraction of sp³-hybridized carbons (Fsp3) is 0.143. The number of ether oxygens (including phenoxy) is 2. The van der Waals surface area contributed by atoms with Gasteiger partial charge in [-0.05, 0) is 29.3 Å². The fourth-order valence-corrected chi connectivity index (χ4v) is 1.85. The van der Waals surface area contributed by atoms with E-state index in [2.05, 4.69) is 4.98 Å². The van der Waals surface area contributed by atoms with Crippen molar-refractivity contribution in [2.24, 2.45) is 5.73 Å². The molecule has 20 heavy (non-hydrogen) atoms. The van der Waals surface area contributed by atoms with Gasteiger partial charge in [0.05, 0.1) is 14.2 Å². The van der Waals surface area contributed by atoms with Gasteiger partial charge in [0.1, 0.15) is 5.56 Å². The van der Waals surface area contributed by atoms with Gasteiger partial charge in [0, 0.05) is 6.20 Å². The molecule has 0 fully saturated rings. The molecule has 6 heteroatoms. The van der Waals surface area contributed by atoms with E-state index in [4.69, 9.17) is 15.2 Å². The number of carbonyl (C=O) groups excluding carboxylic acids is 1. The van der Waals surface area contributed by atoms with Gasteiger partial charge < -0.3 is 20.2 Å². The van der Waals surface area contributed by atoms with Crippen molar-refractivity contribution in [3.63, 3.8) is 0 Å². The summed E-state index contributed by atoms with van der Waals surface area (Å²) in [4.78, 5) is 25.1. The number of hydrogen-bond acceptors (Lipinski definition) is 4. The maximum Gasteiger partial charge on any atom is 0.260 e. The lowest BCUT2D eigenvalue weighted by atomic mass is 10.1. The van der Waals surface area contributed by atoms with Crippen molar-refractivity contribution in [1.29, 1.82) is 0 Å². The van der Waals surface area contributed by atoms with E-state index in [0.29, 0.717) is 17.1 Å².